The molecule has 0 fully saturated rings. The highest BCUT2D eigenvalue weighted by molar-refractivity contribution is 6.00. The molecule has 2 N–H and O–H groups in total. The first-order chi connectivity index (χ1) is 12.0. The van der Waals surface area contributed by atoms with Gasteiger partial charge in [0, 0.05) is 6.07 Å². The highest BCUT2D eigenvalue weighted by Crippen LogP contribution is 2.26. The molecule has 0 amide bonds. The van der Waals surface area contributed by atoms with E-state index in [1.165, 1.54) is 23.3 Å². The Morgan fingerprint density at radius 2 is 1.76 bits per heavy atom. The molecule has 0 atom stereocenters. The van der Waals surface area contributed by atoms with Crippen LogP contribution in [-0.4, -0.2) is 35.2 Å². The van der Waals surface area contributed by atoms with E-state index in [2.05, 4.69) is 0 Å². The Morgan fingerprint density at radius 1 is 0.960 bits per heavy atom. The summed E-state index contributed by atoms with van der Waals surface area (Å²) in [6.07, 6.45) is 3.22. The van der Waals surface area contributed by atoms with E-state index in [0.717, 1.165) is 25.3 Å². The maximum absolute atomic E-state index is 11.9. The monoisotopic (exact) mass is 342 g/mol. The van der Waals surface area contributed by atoms with Crippen molar-refractivity contribution in [3.8, 4) is 17.2 Å². The Bertz CT molecular complexity index is 812. The third kappa shape index (κ3) is 4.09. The smallest absolute Gasteiger partial charge is 0.344 e. The van der Waals surface area contributed by atoms with E-state index in [9.17, 15) is 19.8 Å². The number of aromatic hydroxyl groups is 2. The lowest BCUT2D eigenvalue weighted by atomic mass is 10.1. The molecule has 130 valence electrons. The highest BCUT2D eigenvalue weighted by atomic mass is 16.6. The molecule has 0 aliphatic heterocycles. The Balaban J connectivity index is 1.48. The Hall–Kier alpha value is -3.02. The molecule has 1 aliphatic carbocycles. The Kier molecular flexibility index (Phi) is 4.88. The largest absolute Gasteiger partial charge is 0.508 e. The number of rotatable bonds is 6. The lowest BCUT2D eigenvalue weighted by Crippen LogP contribution is -2.19. The minimum Gasteiger partial charge on any atom is -0.508 e. The summed E-state index contributed by atoms with van der Waals surface area (Å²) in [5.41, 5.74) is 2.53. The van der Waals surface area contributed by atoms with E-state index in [4.69, 9.17) is 9.47 Å². The predicted octanol–water partition coefficient (Wildman–Crippen LogP) is 2.39. The van der Waals surface area contributed by atoms with E-state index < -0.39 is 18.4 Å². The molecule has 0 saturated heterocycles. The summed E-state index contributed by atoms with van der Waals surface area (Å²) in [5.74, 6) is -1.17. The summed E-state index contributed by atoms with van der Waals surface area (Å²) in [5, 5.41) is 18.8. The second kappa shape index (κ2) is 7.25. The van der Waals surface area contributed by atoms with Gasteiger partial charge in [-0.15, -0.1) is 0 Å². The van der Waals surface area contributed by atoms with Crippen molar-refractivity contribution in [3.05, 3.63) is 53.1 Å². The average molecular weight is 342 g/mol. The van der Waals surface area contributed by atoms with Gasteiger partial charge in [0.15, 0.2) is 13.2 Å². The van der Waals surface area contributed by atoms with Crippen molar-refractivity contribution in [1.29, 1.82) is 0 Å². The molecule has 0 aromatic heterocycles. The van der Waals surface area contributed by atoms with Crippen LogP contribution >= 0.6 is 0 Å². The summed E-state index contributed by atoms with van der Waals surface area (Å²) >= 11 is 0. The van der Waals surface area contributed by atoms with E-state index in [1.807, 2.05) is 18.2 Å². The number of carbonyl (C=O) groups is 2. The molecule has 3 rings (SSSR count). The van der Waals surface area contributed by atoms with Crippen LogP contribution in [-0.2, 0) is 22.4 Å². The molecule has 2 aromatic rings. The predicted molar refractivity (Wildman–Crippen MR) is 89.0 cm³/mol. The van der Waals surface area contributed by atoms with Crippen molar-refractivity contribution < 1.29 is 29.3 Å². The summed E-state index contributed by atoms with van der Waals surface area (Å²) < 4.78 is 10.3. The fraction of sp³-hybridized carbons (Fsp3) is 0.263. The number of fused-ring (bicyclic) bond motifs is 1. The van der Waals surface area contributed by atoms with Gasteiger partial charge in [0.1, 0.15) is 17.2 Å². The van der Waals surface area contributed by atoms with Gasteiger partial charge in [-0.05, 0) is 54.7 Å². The van der Waals surface area contributed by atoms with Crippen molar-refractivity contribution >= 4 is 11.8 Å². The first kappa shape index (κ1) is 16.8. The maximum Gasteiger partial charge on any atom is 0.344 e. The maximum atomic E-state index is 11.9. The molecule has 1 aliphatic rings. The van der Waals surface area contributed by atoms with E-state index >= 15 is 0 Å². The zero-order valence-electron chi connectivity index (χ0n) is 13.5. The van der Waals surface area contributed by atoms with E-state index in [-0.39, 0.29) is 23.7 Å². The van der Waals surface area contributed by atoms with Gasteiger partial charge in [0.05, 0.1) is 5.56 Å². The van der Waals surface area contributed by atoms with Gasteiger partial charge in [-0.25, -0.2) is 4.79 Å². The number of phenols is 2. The molecular formula is C19H18O6. The molecule has 6 heteroatoms. The third-order valence-electron chi connectivity index (χ3n) is 4.07. The van der Waals surface area contributed by atoms with Crippen molar-refractivity contribution in [1.82, 2.24) is 0 Å². The number of hydrogen-bond donors (Lipinski definition) is 2. The van der Waals surface area contributed by atoms with Crippen LogP contribution in [0, 0.1) is 0 Å². The zero-order valence-corrected chi connectivity index (χ0v) is 13.5. The van der Waals surface area contributed by atoms with Crippen LogP contribution in [0.5, 0.6) is 17.2 Å². The number of aryl methyl sites for hydroxylation is 2. The van der Waals surface area contributed by atoms with Crippen molar-refractivity contribution in [2.24, 2.45) is 0 Å². The molecular weight excluding hydrogens is 324 g/mol. The minimum absolute atomic E-state index is 0.0230. The number of phenolic OH excluding ortho intramolecular Hbond substituents is 2. The number of esters is 1. The fourth-order valence-corrected chi connectivity index (χ4v) is 2.80. The molecule has 0 saturated carbocycles. The van der Waals surface area contributed by atoms with Crippen LogP contribution in [0.2, 0.25) is 0 Å². The third-order valence-corrected chi connectivity index (χ3v) is 4.07. The van der Waals surface area contributed by atoms with Crippen LogP contribution in [0.1, 0.15) is 27.9 Å². The second-order valence-electron chi connectivity index (χ2n) is 5.86. The van der Waals surface area contributed by atoms with Crippen molar-refractivity contribution in [2.45, 2.75) is 19.3 Å². The fourth-order valence-electron chi connectivity index (χ4n) is 2.80. The zero-order chi connectivity index (χ0) is 17.8. The summed E-state index contributed by atoms with van der Waals surface area (Å²) in [4.78, 5) is 23.6. The van der Waals surface area contributed by atoms with Crippen LogP contribution in [0.25, 0.3) is 0 Å². The Morgan fingerprint density at radius 3 is 2.56 bits per heavy atom. The first-order valence-corrected chi connectivity index (χ1v) is 7.98. The van der Waals surface area contributed by atoms with Gasteiger partial charge in [-0.1, -0.05) is 6.07 Å². The molecule has 0 heterocycles. The lowest BCUT2D eigenvalue weighted by molar-refractivity contribution is -0.144. The SMILES string of the molecule is O=C(COc1ccc2c(c1)CCC2)OCC(=O)c1ccc(O)cc1O. The van der Waals surface area contributed by atoms with Gasteiger partial charge < -0.3 is 19.7 Å². The van der Waals surface area contributed by atoms with Crippen LogP contribution in [0.4, 0.5) is 0 Å². The Labute approximate surface area is 144 Å². The minimum atomic E-state index is -0.674. The normalized spacial score (nSPS) is 12.5. The topological polar surface area (TPSA) is 93.1 Å². The molecule has 0 unspecified atom stereocenters. The van der Waals surface area contributed by atoms with Crippen LogP contribution < -0.4 is 4.74 Å². The van der Waals surface area contributed by atoms with E-state index in [0.29, 0.717) is 5.75 Å². The lowest BCUT2D eigenvalue weighted by Gasteiger charge is -2.09. The van der Waals surface area contributed by atoms with Gasteiger partial charge in [-0.2, -0.15) is 0 Å². The van der Waals surface area contributed by atoms with Crippen LogP contribution in [0.15, 0.2) is 36.4 Å². The molecule has 6 nitrogen and oxygen atoms in total. The number of hydrogen-bond acceptors (Lipinski definition) is 6. The first-order valence-electron chi connectivity index (χ1n) is 7.98. The average Bonchev–Trinajstić information content (AvgIpc) is 3.05. The highest BCUT2D eigenvalue weighted by Gasteiger charge is 2.15. The number of ether oxygens (including phenoxy) is 2. The number of Topliss-reactive ketones (excluding diaryl/α,β-unsaturated/α-hetero) is 1. The van der Waals surface area contributed by atoms with Crippen molar-refractivity contribution in [2.75, 3.05) is 13.2 Å². The molecule has 0 bridgehead atoms. The molecule has 0 radical (unpaired) electrons. The summed E-state index contributed by atoms with van der Waals surface area (Å²) in [6, 6.07) is 9.33. The molecule has 25 heavy (non-hydrogen) atoms. The standard InChI is InChI=1S/C19H18O6/c20-14-5-7-16(17(21)9-14)18(22)10-25-19(23)11-24-15-6-4-12-2-1-3-13(12)8-15/h4-9,20-21H,1-3,10-11H2. The number of benzene rings is 2. The van der Waals surface area contributed by atoms with Crippen molar-refractivity contribution in [3.63, 3.8) is 0 Å². The van der Waals surface area contributed by atoms with Gasteiger partial charge in [0.2, 0.25) is 5.78 Å². The molecule has 0 spiro atoms. The van der Waals surface area contributed by atoms with E-state index in [1.54, 1.807) is 0 Å². The molecule has 2 aromatic carbocycles. The number of ketones is 1. The number of carbonyl (C=O) groups excluding carboxylic acids is 2. The quantitative estimate of drug-likeness (QED) is 0.618. The van der Waals surface area contributed by atoms with Gasteiger partial charge in [-0.3, -0.25) is 4.79 Å². The van der Waals surface area contributed by atoms with Gasteiger partial charge in [0.25, 0.3) is 0 Å². The van der Waals surface area contributed by atoms with Crippen LogP contribution in [0.3, 0.4) is 0 Å². The van der Waals surface area contributed by atoms with Gasteiger partial charge >= 0.3 is 5.97 Å². The summed E-state index contributed by atoms with van der Waals surface area (Å²) in [6.45, 7) is -0.807. The second-order valence-corrected chi connectivity index (χ2v) is 5.86. The summed E-state index contributed by atoms with van der Waals surface area (Å²) in [7, 11) is 0.